The molecule has 0 fully saturated rings. The van der Waals surface area contributed by atoms with Crippen LogP contribution < -0.4 is 11.5 Å². The third-order valence-electron chi connectivity index (χ3n) is 2.08. The number of nitrogens with two attached hydrogens (primary N) is 2. The van der Waals surface area contributed by atoms with E-state index in [4.69, 9.17) is 11.5 Å². The lowest BCUT2D eigenvalue weighted by Crippen LogP contribution is -2.50. The van der Waals surface area contributed by atoms with Crippen molar-refractivity contribution in [3.63, 3.8) is 0 Å². The van der Waals surface area contributed by atoms with E-state index in [9.17, 15) is 4.79 Å². The Morgan fingerprint density at radius 3 is 2.69 bits per heavy atom. The third-order valence-corrected chi connectivity index (χ3v) is 4.11. The number of aryl methyl sites for hydroxylation is 1. The summed E-state index contributed by atoms with van der Waals surface area (Å²) in [5.74, 6) is -0.478. The van der Waals surface area contributed by atoms with Gasteiger partial charge in [-0.25, -0.2) is 0 Å². The summed E-state index contributed by atoms with van der Waals surface area (Å²) >= 11 is 3.10. The normalized spacial score (nSPS) is 16.8. The minimum absolute atomic E-state index is 0.176. The van der Waals surface area contributed by atoms with Crippen LogP contribution in [0.4, 0.5) is 0 Å². The molecule has 1 rings (SSSR count). The van der Waals surface area contributed by atoms with E-state index in [1.165, 1.54) is 11.3 Å². The zero-order valence-electron chi connectivity index (χ0n) is 9.56. The summed E-state index contributed by atoms with van der Waals surface area (Å²) in [4.78, 5) is 11.1. The lowest BCUT2D eigenvalue weighted by Gasteiger charge is -2.23. The molecule has 0 spiro atoms. The predicted octanol–water partition coefficient (Wildman–Crippen LogP) is 0.920. The van der Waals surface area contributed by atoms with Crippen LogP contribution in [0.1, 0.15) is 25.3 Å². The number of carbonyl (C=O) groups excluding carboxylic acids is 1. The molecule has 0 aromatic carbocycles. The van der Waals surface area contributed by atoms with Gasteiger partial charge in [0.05, 0.1) is 5.54 Å². The molecule has 0 bridgehead atoms. The Hall–Kier alpha value is -0.660. The highest BCUT2D eigenvalue weighted by molar-refractivity contribution is 8.01. The number of carbonyl (C=O) groups is 1. The quantitative estimate of drug-likeness (QED) is 0.768. The fourth-order valence-corrected chi connectivity index (χ4v) is 3.56. The second-order valence-electron chi connectivity index (χ2n) is 4.00. The molecule has 16 heavy (non-hydrogen) atoms. The van der Waals surface area contributed by atoms with Crippen molar-refractivity contribution in [3.8, 4) is 0 Å². The lowest BCUT2D eigenvalue weighted by molar-refractivity contribution is -0.122. The van der Waals surface area contributed by atoms with E-state index in [0.29, 0.717) is 6.42 Å². The zero-order valence-corrected chi connectivity index (χ0v) is 11.2. The van der Waals surface area contributed by atoms with Gasteiger partial charge in [-0.1, -0.05) is 30.0 Å². The van der Waals surface area contributed by atoms with Crippen molar-refractivity contribution in [2.45, 2.75) is 42.3 Å². The van der Waals surface area contributed by atoms with Gasteiger partial charge in [-0.3, -0.25) is 4.79 Å². The number of aromatic nitrogens is 2. The van der Waals surface area contributed by atoms with Crippen LogP contribution >= 0.6 is 23.1 Å². The molecule has 0 radical (unpaired) electrons. The molecule has 1 aromatic heterocycles. The second kappa shape index (κ2) is 5.11. The first-order chi connectivity index (χ1) is 7.31. The Bertz CT molecular complexity index is 377. The molecule has 7 heteroatoms. The number of amides is 1. The van der Waals surface area contributed by atoms with Crippen LogP contribution in [0.3, 0.4) is 0 Å². The largest absolute Gasteiger partial charge is 0.368 e. The molecule has 0 aliphatic carbocycles. The summed E-state index contributed by atoms with van der Waals surface area (Å²) in [5.41, 5.74) is 10.1. The Kier molecular flexibility index (Phi) is 4.28. The van der Waals surface area contributed by atoms with Gasteiger partial charge in [-0.15, -0.1) is 10.2 Å². The summed E-state index contributed by atoms with van der Waals surface area (Å²) in [5, 5.41) is 9.04. The number of hydrogen-bond donors (Lipinski definition) is 2. The van der Waals surface area contributed by atoms with Crippen LogP contribution in [0.25, 0.3) is 0 Å². The average Bonchev–Trinajstić information content (AvgIpc) is 2.49. The molecule has 0 aliphatic heterocycles. The number of rotatable bonds is 5. The third kappa shape index (κ3) is 3.73. The first-order valence-electron chi connectivity index (χ1n) is 4.87. The van der Waals surface area contributed by atoms with Crippen molar-refractivity contribution in [1.82, 2.24) is 10.2 Å². The maximum Gasteiger partial charge on any atom is 0.237 e. The van der Waals surface area contributed by atoms with E-state index < -0.39 is 11.4 Å². The van der Waals surface area contributed by atoms with Gasteiger partial charge in [0.25, 0.3) is 0 Å². The SMILES string of the molecule is Cc1nnc(SC(C)CC(C)(N)C(N)=O)s1. The smallest absolute Gasteiger partial charge is 0.237 e. The highest BCUT2D eigenvalue weighted by Gasteiger charge is 2.28. The van der Waals surface area contributed by atoms with Crippen molar-refractivity contribution in [2.24, 2.45) is 11.5 Å². The van der Waals surface area contributed by atoms with Crippen LogP contribution in [-0.2, 0) is 4.79 Å². The van der Waals surface area contributed by atoms with Crippen molar-refractivity contribution < 1.29 is 4.79 Å². The van der Waals surface area contributed by atoms with E-state index in [1.54, 1.807) is 18.7 Å². The average molecular weight is 260 g/mol. The van der Waals surface area contributed by atoms with Crippen molar-refractivity contribution in [3.05, 3.63) is 5.01 Å². The van der Waals surface area contributed by atoms with E-state index in [0.717, 1.165) is 9.35 Å². The van der Waals surface area contributed by atoms with Gasteiger partial charge in [-0.05, 0) is 20.3 Å². The number of primary amides is 1. The summed E-state index contributed by atoms with van der Waals surface area (Å²) < 4.78 is 0.894. The zero-order chi connectivity index (χ0) is 12.3. The first-order valence-corrected chi connectivity index (χ1v) is 6.56. The topological polar surface area (TPSA) is 94.9 Å². The summed E-state index contributed by atoms with van der Waals surface area (Å²) in [7, 11) is 0. The molecule has 2 atom stereocenters. The molecule has 1 heterocycles. The lowest BCUT2D eigenvalue weighted by atomic mass is 9.97. The monoisotopic (exact) mass is 260 g/mol. The first kappa shape index (κ1) is 13.4. The molecular weight excluding hydrogens is 244 g/mol. The molecule has 1 aromatic rings. The van der Waals surface area contributed by atoms with Crippen molar-refractivity contribution >= 4 is 29.0 Å². The van der Waals surface area contributed by atoms with Gasteiger partial charge in [-0.2, -0.15) is 0 Å². The Balaban J connectivity index is 2.54. The molecule has 0 saturated carbocycles. The van der Waals surface area contributed by atoms with E-state index in [-0.39, 0.29) is 5.25 Å². The molecule has 0 aliphatic rings. The summed E-state index contributed by atoms with van der Waals surface area (Å²) in [6, 6.07) is 0. The number of thioether (sulfide) groups is 1. The maximum absolute atomic E-state index is 11.1. The highest BCUT2D eigenvalue weighted by atomic mass is 32.2. The van der Waals surface area contributed by atoms with Crippen LogP contribution in [0.2, 0.25) is 0 Å². The fraction of sp³-hybridized carbons (Fsp3) is 0.667. The van der Waals surface area contributed by atoms with Crippen LogP contribution in [0.5, 0.6) is 0 Å². The molecule has 90 valence electrons. The number of nitrogens with zero attached hydrogens (tertiary/aromatic N) is 2. The van der Waals surface area contributed by atoms with Gasteiger partial charge in [0.1, 0.15) is 5.01 Å². The van der Waals surface area contributed by atoms with Gasteiger partial charge in [0.2, 0.25) is 5.91 Å². The van der Waals surface area contributed by atoms with E-state index in [2.05, 4.69) is 10.2 Å². The van der Waals surface area contributed by atoms with Gasteiger partial charge in [0.15, 0.2) is 4.34 Å². The Morgan fingerprint density at radius 2 is 2.25 bits per heavy atom. The van der Waals surface area contributed by atoms with Crippen LogP contribution in [0.15, 0.2) is 4.34 Å². The minimum Gasteiger partial charge on any atom is -0.368 e. The van der Waals surface area contributed by atoms with Crippen molar-refractivity contribution in [1.29, 1.82) is 0 Å². The van der Waals surface area contributed by atoms with Crippen molar-refractivity contribution in [2.75, 3.05) is 0 Å². The molecule has 0 saturated heterocycles. The maximum atomic E-state index is 11.1. The fourth-order valence-electron chi connectivity index (χ4n) is 1.24. The highest BCUT2D eigenvalue weighted by Crippen LogP contribution is 2.29. The molecule has 2 unspecified atom stereocenters. The van der Waals surface area contributed by atoms with Crippen LogP contribution in [-0.4, -0.2) is 26.9 Å². The second-order valence-corrected chi connectivity index (χ2v) is 6.87. The molecular formula is C9H16N4OS2. The minimum atomic E-state index is -0.966. The Labute approximate surface area is 103 Å². The van der Waals surface area contributed by atoms with Gasteiger partial charge >= 0.3 is 0 Å². The standard InChI is InChI=1S/C9H16N4OS2/c1-5(4-9(3,11)7(10)14)15-8-13-12-6(2)16-8/h5H,4,11H2,1-3H3,(H2,10,14). The van der Waals surface area contributed by atoms with Gasteiger partial charge in [0, 0.05) is 5.25 Å². The molecule has 4 N–H and O–H groups in total. The predicted molar refractivity (Wildman–Crippen MR) is 66.4 cm³/mol. The molecule has 1 amide bonds. The van der Waals surface area contributed by atoms with E-state index >= 15 is 0 Å². The number of hydrogen-bond acceptors (Lipinski definition) is 6. The van der Waals surface area contributed by atoms with Gasteiger partial charge < -0.3 is 11.5 Å². The Morgan fingerprint density at radius 1 is 1.62 bits per heavy atom. The summed E-state index contributed by atoms with van der Waals surface area (Å²) in [6.45, 7) is 5.55. The van der Waals surface area contributed by atoms with E-state index in [1.807, 2.05) is 13.8 Å². The molecule has 5 nitrogen and oxygen atoms in total. The summed E-state index contributed by atoms with van der Waals surface area (Å²) in [6.07, 6.45) is 0.519. The van der Waals surface area contributed by atoms with Crippen LogP contribution in [0, 0.1) is 6.92 Å².